The van der Waals surface area contributed by atoms with Gasteiger partial charge in [-0.15, -0.1) is 11.3 Å². The zero-order chi connectivity index (χ0) is 19.7. The lowest BCUT2D eigenvalue weighted by Crippen LogP contribution is -2.20. The number of aromatic nitrogens is 1. The minimum absolute atomic E-state index is 0.146. The van der Waals surface area contributed by atoms with Gasteiger partial charge in [0.25, 0.3) is 5.91 Å². The van der Waals surface area contributed by atoms with E-state index < -0.39 is 11.7 Å². The van der Waals surface area contributed by atoms with E-state index in [4.69, 9.17) is 11.6 Å². The van der Waals surface area contributed by atoms with Crippen molar-refractivity contribution >= 4 is 45.6 Å². The van der Waals surface area contributed by atoms with Crippen LogP contribution in [0.2, 0.25) is 5.02 Å². The lowest BCUT2D eigenvalue weighted by atomic mass is 10.1. The number of aryl methyl sites for hydroxylation is 1. The molecule has 2 amide bonds. The molecule has 1 aliphatic carbocycles. The maximum atomic E-state index is 13.8. The number of para-hydroxylation sites is 1. The van der Waals surface area contributed by atoms with Gasteiger partial charge in [-0.2, -0.15) is 0 Å². The summed E-state index contributed by atoms with van der Waals surface area (Å²) < 4.78 is 13.8. The largest absolute Gasteiger partial charge is 0.323 e. The topological polar surface area (TPSA) is 71.1 Å². The second kappa shape index (κ2) is 7.69. The molecule has 2 N–H and O–H groups in total. The first-order valence-electron chi connectivity index (χ1n) is 8.63. The van der Waals surface area contributed by atoms with Gasteiger partial charge < -0.3 is 5.32 Å². The van der Waals surface area contributed by atoms with Crippen LogP contribution in [0, 0.1) is 5.82 Å². The molecule has 0 saturated carbocycles. The maximum absolute atomic E-state index is 13.8. The fraction of sp³-hybridized carbons (Fsp3) is 0.150. The van der Waals surface area contributed by atoms with E-state index in [-0.39, 0.29) is 17.5 Å². The summed E-state index contributed by atoms with van der Waals surface area (Å²) in [5.41, 5.74) is 1.26. The molecule has 0 fully saturated rings. The van der Waals surface area contributed by atoms with Crippen LogP contribution >= 0.6 is 22.9 Å². The molecule has 0 spiro atoms. The smallest absolute Gasteiger partial charge is 0.257 e. The van der Waals surface area contributed by atoms with Crippen LogP contribution in [0.1, 0.15) is 33.3 Å². The van der Waals surface area contributed by atoms with Crippen LogP contribution in [-0.4, -0.2) is 16.8 Å². The number of carbonyl (C=O) groups is 2. The number of hydrogen-bond donors (Lipinski definition) is 2. The van der Waals surface area contributed by atoms with Gasteiger partial charge in [-0.1, -0.05) is 23.7 Å². The number of amides is 2. The first-order valence-corrected chi connectivity index (χ1v) is 9.82. The predicted molar refractivity (Wildman–Crippen MR) is 108 cm³/mol. The molecular weight excluding hydrogens is 401 g/mol. The Morgan fingerprint density at radius 3 is 2.61 bits per heavy atom. The van der Waals surface area contributed by atoms with Crippen molar-refractivity contribution in [2.75, 3.05) is 10.6 Å². The highest BCUT2D eigenvalue weighted by Gasteiger charge is 2.33. The summed E-state index contributed by atoms with van der Waals surface area (Å²) in [7, 11) is 0. The number of thiazole rings is 1. The third-order valence-electron chi connectivity index (χ3n) is 4.49. The highest BCUT2D eigenvalue weighted by Crippen LogP contribution is 2.39. The van der Waals surface area contributed by atoms with Crippen LogP contribution in [0.15, 0.2) is 48.5 Å². The third-order valence-corrected chi connectivity index (χ3v) is 5.79. The number of nitrogens with zero attached hydrogens (tertiary/aromatic N) is 1. The van der Waals surface area contributed by atoms with E-state index >= 15 is 0 Å². The van der Waals surface area contributed by atoms with E-state index in [9.17, 15) is 14.0 Å². The standard InChI is InChI=1S/C20H15ClFN3O2S/c21-12-7-5-11(6-8-12)18(26)25-20-24-17-13(9-10-16(17)28-20)19(27)23-15-4-2-1-3-14(15)22/h1-8,13H,9-10H2,(H,23,27)(H,24,25,26). The SMILES string of the molecule is O=C(Nc1nc2c(s1)CCC2C(=O)Nc1ccccc1F)c1ccc(Cl)cc1. The van der Waals surface area contributed by atoms with Crippen LogP contribution < -0.4 is 10.6 Å². The Morgan fingerprint density at radius 2 is 1.86 bits per heavy atom. The van der Waals surface area contributed by atoms with Crippen molar-refractivity contribution in [2.24, 2.45) is 0 Å². The number of anilines is 2. The van der Waals surface area contributed by atoms with Crippen LogP contribution in [0.3, 0.4) is 0 Å². The second-order valence-corrected chi connectivity index (χ2v) is 7.87. The summed E-state index contributed by atoms with van der Waals surface area (Å²) in [6.45, 7) is 0. The van der Waals surface area contributed by atoms with Gasteiger partial charge >= 0.3 is 0 Å². The number of rotatable bonds is 4. The normalized spacial score (nSPS) is 15.1. The molecule has 1 heterocycles. The van der Waals surface area contributed by atoms with Gasteiger partial charge in [0, 0.05) is 15.5 Å². The quantitative estimate of drug-likeness (QED) is 0.639. The lowest BCUT2D eigenvalue weighted by Gasteiger charge is -2.11. The van der Waals surface area contributed by atoms with Gasteiger partial charge in [0.05, 0.1) is 17.3 Å². The monoisotopic (exact) mass is 415 g/mol. The molecule has 0 saturated heterocycles. The average molecular weight is 416 g/mol. The van der Waals surface area contributed by atoms with E-state index in [2.05, 4.69) is 15.6 Å². The summed E-state index contributed by atoms with van der Waals surface area (Å²) in [5, 5.41) is 6.37. The zero-order valence-electron chi connectivity index (χ0n) is 14.5. The average Bonchev–Trinajstić information content (AvgIpc) is 3.24. The summed E-state index contributed by atoms with van der Waals surface area (Å²) >= 11 is 7.19. The number of benzene rings is 2. The van der Waals surface area contributed by atoms with Crippen molar-refractivity contribution in [3.05, 3.63) is 75.5 Å². The van der Waals surface area contributed by atoms with Gasteiger partial charge in [0.1, 0.15) is 5.82 Å². The van der Waals surface area contributed by atoms with Gasteiger partial charge in [0.15, 0.2) is 5.13 Å². The first kappa shape index (κ1) is 18.6. The molecule has 8 heteroatoms. The molecule has 2 aromatic carbocycles. The van der Waals surface area contributed by atoms with E-state index in [1.54, 1.807) is 36.4 Å². The first-order chi connectivity index (χ1) is 13.5. The zero-order valence-corrected chi connectivity index (χ0v) is 16.1. The molecular formula is C20H15ClFN3O2S. The minimum atomic E-state index is -0.483. The molecule has 0 bridgehead atoms. The van der Waals surface area contributed by atoms with E-state index in [1.807, 2.05) is 0 Å². The number of fused-ring (bicyclic) bond motifs is 1. The van der Waals surface area contributed by atoms with E-state index in [1.165, 1.54) is 23.5 Å². The molecule has 142 valence electrons. The number of halogens is 2. The summed E-state index contributed by atoms with van der Waals surface area (Å²) in [6, 6.07) is 12.6. The van der Waals surface area contributed by atoms with Crippen LogP contribution in [0.5, 0.6) is 0 Å². The fourth-order valence-corrected chi connectivity index (χ4v) is 4.25. The Kier molecular flexibility index (Phi) is 5.11. The summed E-state index contributed by atoms with van der Waals surface area (Å²) in [6.07, 6.45) is 1.30. The molecule has 0 radical (unpaired) electrons. The molecule has 3 aromatic rings. The van der Waals surface area contributed by atoms with E-state index in [0.29, 0.717) is 34.3 Å². The highest BCUT2D eigenvalue weighted by atomic mass is 35.5. The number of carbonyl (C=O) groups excluding carboxylic acids is 2. The summed E-state index contributed by atoms with van der Waals surface area (Å²) in [5.74, 6) is -1.54. The Hall–Kier alpha value is -2.77. The highest BCUT2D eigenvalue weighted by molar-refractivity contribution is 7.16. The maximum Gasteiger partial charge on any atom is 0.257 e. The van der Waals surface area contributed by atoms with Crippen LogP contribution in [0.4, 0.5) is 15.2 Å². The Morgan fingerprint density at radius 1 is 1.11 bits per heavy atom. The van der Waals surface area contributed by atoms with Gasteiger partial charge in [-0.3, -0.25) is 14.9 Å². The van der Waals surface area contributed by atoms with Gasteiger partial charge in [-0.05, 0) is 49.2 Å². The molecule has 1 aliphatic rings. The van der Waals surface area contributed by atoms with Gasteiger partial charge in [0.2, 0.25) is 5.91 Å². The van der Waals surface area contributed by atoms with Crippen LogP contribution in [-0.2, 0) is 11.2 Å². The Balaban J connectivity index is 1.48. The van der Waals surface area contributed by atoms with Crippen molar-refractivity contribution in [2.45, 2.75) is 18.8 Å². The molecule has 1 atom stereocenters. The van der Waals surface area contributed by atoms with Crippen molar-refractivity contribution in [1.29, 1.82) is 0 Å². The lowest BCUT2D eigenvalue weighted by molar-refractivity contribution is -0.117. The minimum Gasteiger partial charge on any atom is -0.323 e. The Labute approximate surface area is 169 Å². The summed E-state index contributed by atoms with van der Waals surface area (Å²) in [4.78, 5) is 30.3. The number of hydrogen-bond acceptors (Lipinski definition) is 4. The van der Waals surface area contributed by atoms with Gasteiger partial charge in [-0.25, -0.2) is 9.37 Å². The van der Waals surface area contributed by atoms with Crippen molar-refractivity contribution in [1.82, 2.24) is 4.98 Å². The van der Waals surface area contributed by atoms with Crippen molar-refractivity contribution in [3.63, 3.8) is 0 Å². The molecule has 5 nitrogen and oxygen atoms in total. The molecule has 1 unspecified atom stereocenters. The second-order valence-electron chi connectivity index (χ2n) is 6.35. The molecule has 28 heavy (non-hydrogen) atoms. The predicted octanol–water partition coefficient (Wildman–Crippen LogP) is 4.86. The fourth-order valence-electron chi connectivity index (χ4n) is 3.09. The molecule has 1 aromatic heterocycles. The molecule has 4 rings (SSSR count). The van der Waals surface area contributed by atoms with E-state index in [0.717, 1.165) is 4.88 Å². The Bertz CT molecular complexity index is 1050. The van der Waals surface area contributed by atoms with Crippen molar-refractivity contribution in [3.8, 4) is 0 Å². The van der Waals surface area contributed by atoms with Crippen LogP contribution in [0.25, 0.3) is 0 Å². The third kappa shape index (κ3) is 3.76. The molecule has 0 aliphatic heterocycles. The van der Waals surface area contributed by atoms with Crippen molar-refractivity contribution < 1.29 is 14.0 Å². The number of nitrogens with one attached hydrogen (secondary N) is 2.